The van der Waals surface area contributed by atoms with Gasteiger partial charge in [-0.2, -0.15) is 0 Å². The second kappa shape index (κ2) is 24.0. The Labute approximate surface area is 369 Å². The molecule has 65 heavy (non-hydrogen) atoms. The van der Waals surface area contributed by atoms with Gasteiger partial charge in [0.1, 0.15) is 116 Å². The van der Waals surface area contributed by atoms with E-state index in [1.807, 2.05) is 0 Å². The van der Waals surface area contributed by atoms with E-state index < -0.39 is 205 Å². The number of aliphatic hydroxyl groups excluding tert-OH is 15. The van der Waals surface area contributed by atoms with Crippen molar-refractivity contribution in [3.05, 3.63) is 0 Å². The van der Waals surface area contributed by atoms with E-state index in [0.29, 0.717) is 6.41 Å². The lowest BCUT2D eigenvalue weighted by atomic mass is 9.94. The molecule has 5 fully saturated rings. The number of carbonyl (C=O) groups excluding carboxylic acids is 2. The maximum Gasteiger partial charge on any atom is 0.217 e. The van der Waals surface area contributed by atoms with Crippen LogP contribution in [-0.4, -0.2) is 288 Å². The molecule has 0 aromatic heterocycles. The monoisotopic (exact) mass is 954 g/mol. The highest BCUT2D eigenvalue weighted by Crippen LogP contribution is 2.35. The summed E-state index contributed by atoms with van der Waals surface area (Å²) in [5, 5.41) is 163. The molecule has 0 aromatic carbocycles. The van der Waals surface area contributed by atoms with Crippen LogP contribution in [0.3, 0.4) is 0 Å². The molecular formula is C36H62N2O27. The van der Waals surface area contributed by atoms with Gasteiger partial charge in [0.25, 0.3) is 0 Å². The number of aliphatic hydroxyl groups is 15. The van der Waals surface area contributed by atoms with Gasteiger partial charge in [0, 0.05) is 6.92 Å². The van der Waals surface area contributed by atoms with Gasteiger partial charge in [-0.25, -0.2) is 0 Å². The molecule has 2 amide bonds. The van der Waals surface area contributed by atoms with Crippen molar-refractivity contribution in [2.24, 2.45) is 0 Å². The van der Waals surface area contributed by atoms with Crippen molar-refractivity contribution in [3.63, 3.8) is 0 Å². The Kier molecular flexibility index (Phi) is 19.9. The smallest absolute Gasteiger partial charge is 0.217 e. The second-order valence-corrected chi connectivity index (χ2v) is 16.2. The van der Waals surface area contributed by atoms with E-state index in [9.17, 15) is 86.2 Å². The van der Waals surface area contributed by atoms with Crippen molar-refractivity contribution < 1.29 is 134 Å². The first-order chi connectivity index (χ1) is 30.8. The van der Waals surface area contributed by atoms with Gasteiger partial charge < -0.3 is 135 Å². The summed E-state index contributed by atoms with van der Waals surface area (Å²) < 4.78 is 57.4. The number of amides is 2. The fourth-order valence-electron chi connectivity index (χ4n) is 7.85. The molecular weight excluding hydrogens is 892 g/mol. The fourth-order valence-corrected chi connectivity index (χ4v) is 7.85. The van der Waals surface area contributed by atoms with Crippen LogP contribution in [-0.2, 0) is 57.0 Å². The standard InChI is InChI=1S/C36H62N2O27/c1-10-18(45)21(48)25(52)34(58-10)65-31-17(38-11(2)44)32(60-15(6-42)30(31)64-35-26(53)22(49)19(46)13(4-40)59-35)57-8-16-20(47)23(50)27(54)36(62-16)63-29-14(5-41)61-33(28(55)24(29)51)56-7-12(3-39)37-9-43/h9-10,12-36,39-42,45-55H,3-8H2,1-2H3,(H,37,43)(H,38,44)/t10-,12+,13+,14+,15+,16+,17+,18+,19-,20-,21+,22-,23-,24+,25-,26+,27+,28+,29+,30+,31+,32+,33+,34-,35-,36-/m0/s1. The van der Waals surface area contributed by atoms with Crippen LogP contribution < -0.4 is 10.6 Å². The maximum atomic E-state index is 12.7. The molecule has 0 bridgehead atoms. The Morgan fingerprint density at radius 1 is 0.538 bits per heavy atom. The zero-order chi connectivity index (χ0) is 48.0. The van der Waals surface area contributed by atoms with E-state index in [2.05, 4.69) is 10.6 Å². The molecule has 0 aromatic rings. The molecule has 0 aliphatic carbocycles. The van der Waals surface area contributed by atoms with Crippen LogP contribution in [0.1, 0.15) is 13.8 Å². The van der Waals surface area contributed by atoms with Crippen LogP contribution in [0.5, 0.6) is 0 Å². The molecule has 5 rings (SSSR count). The van der Waals surface area contributed by atoms with E-state index in [1.165, 1.54) is 6.92 Å². The van der Waals surface area contributed by atoms with E-state index in [4.69, 9.17) is 47.4 Å². The van der Waals surface area contributed by atoms with Crippen LogP contribution >= 0.6 is 0 Å². The normalized spacial score (nSPS) is 47.7. The van der Waals surface area contributed by atoms with Crippen LogP contribution in [0, 0.1) is 0 Å². The zero-order valence-electron chi connectivity index (χ0n) is 34.9. The number of hydrogen-bond donors (Lipinski definition) is 17. The lowest BCUT2D eigenvalue weighted by Gasteiger charge is -2.50. The van der Waals surface area contributed by atoms with Gasteiger partial charge in [-0.15, -0.1) is 0 Å². The Balaban J connectivity index is 1.37. The van der Waals surface area contributed by atoms with Gasteiger partial charge in [0.15, 0.2) is 31.5 Å². The second-order valence-electron chi connectivity index (χ2n) is 16.2. The maximum absolute atomic E-state index is 12.7. The predicted molar refractivity (Wildman–Crippen MR) is 201 cm³/mol. The zero-order valence-corrected chi connectivity index (χ0v) is 34.9. The largest absolute Gasteiger partial charge is 0.394 e. The minimum atomic E-state index is -2.07. The summed E-state index contributed by atoms with van der Waals surface area (Å²) in [6.07, 6.45) is -42.7. The third kappa shape index (κ3) is 12.2. The first-order valence-corrected chi connectivity index (χ1v) is 20.7. The van der Waals surface area contributed by atoms with Crippen LogP contribution in [0.4, 0.5) is 0 Å². The summed E-state index contributed by atoms with van der Waals surface area (Å²) >= 11 is 0. The number of rotatable bonds is 19. The Morgan fingerprint density at radius 3 is 1.55 bits per heavy atom. The molecule has 5 aliphatic rings. The fraction of sp³-hybridized carbons (Fsp3) is 0.944. The van der Waals surface area contributed by atoms with Crippen molar-refractivity contribution in [2.75, 3.05) is 39.6 Å². The summed E-state index contributed by atoms with van der Waals surface area (Å²) in [5.41, 5.74) is 0. The van der Waals surface area contributed by atoms with Gasteiger partial charge in [-0.1, -0.05) is 0 Å². The van der Waals surface area contributed by atoms with E-state index >= 15 is 0 Å². The number of carbonyl (C=O) groups is 2. The Hall–Kier alpha value is -2.06. The van der Waals surface area contributed by atoms with Crippen molar-refractivity contribution in [3.8, 4) is 0 Å². The highest BCUT2D eigenvalue weighted by molar-refractivity contribution is 5.73. The van der Waals surface area contributed by atoms with E-state index in [-0.39, 0.29) is 0 Å². The lowest BCUT2D eigenvalue weighted by molar-refractivity contribution is -0.379. The minimum Gasteiger partial charge on any atom is -0.394 e. The first-order valence-electron chi connectivity index (χ1n) is 20.7. The summed E-state index contributed by atoms with van der Waals surface area (Å²) in [5.74, 6) is -0.794. The molecule has 0 spiro atoms. The number of hydrogen-bond acceptors (Lipinski definition) is 27. The Morgan fingerprint density at radius 2 is 1.00 bits per heavy atom. The summed E-state index contributed by atoms with van der Waals surface area (Å²) in [7, 11) is 0. The van der Waals surface area contributed by atoms with Crippen LogP contribution in [0.15, 0.2) is 0 Å². The third-order valence-electron chi connectivity index (χ3n) is 11.6. The average Bonchev–Trinajstić information content (AvgIpc) is 3.28. The van der Waals surface area contributed by atoms with Crippen LogP contribution in [0.2, 0.25) is 0 Å². The summed E-state index contributed by atoms with van der Waals surface area (Å²) in [4.78, 5) is 23.5. The summed E-state index contributed by atoms with van der Waals surface area (Å²) in [6.45, 7) is -2.14. The van der Waals surface area contributed by atoms with Crippen molar-refractivity contribution in [1.82, 2.24) is 10.6 Å². The molecule has 29 heteroatoms. The molecule has 17 N–H and O–H groups in total. The lowest BCUT2D eigenvalue weighted by Crippen LogP contribution is -2.70. The molecule has 0 saturated carbocycles. The first kappa shape index (κ1) is 53.9. The quantitative estimate of drug-likeness (QED) is 0.0535. The van der Waals surface area contributed by atoms with Crippen molar-refractivity contribution in [2.45, 2.75) is 173 Å². The highest BCUT2D eigenvalue weighted by Gasteiger charge is 2.56. The predicted octanol–water partition coefficient (Wildman–Crippen LogP) is -11.6. The molecule has 29 nitrogen and oxygen atoms in total. The van der Waals surface area contributed by atoms with Crippen molar-refractivity contribution in [1.29, 1.82) is 0 Å². The van der Waals surface area contributed by atoms with Crippen LogP contribution in [0.25, 0.3) is 0 Å². The van der Waals surface area contributed by atoms with Gasteiger partial charge in [0.2, 0.25) is 12.3 Å². The average molecular weight is 955 g/mol. The SMILES string of the molecule is CC(=O)N[C@H]1[C@H](OC[C@H]2O[C@@H](O[C@H]3[C@H](O)[C@@H](O)[C@H](OC[C@@H](CO)NC=O)O[C@@H]3CO)[C@H](O)[C@@H](O)[C@H]2O)O[C@H](CO)[C@@H](O[C@@H]2O[C@H](CO)[C@H](O)[C@H](O)[C@H]2O)[C@@H]1O[C@@H]1O[C@@H](C)[C@@H](O)[C@@H](O)[C@@H]1O. The van der Waals surface area contributed by atoms with Gasteiger partial charge in [-0.05, 0) is 6.92 Å². The molecule has 26 atom stereocenters. The molecule has 378 valence electrons. The van der Waals surface area contributed by atoms with E-state index in [0.717, 1.165) is 6.92 Å². The van der Waals surface area contributed by atoms with Crippen molar-refractivity contribution >= 4 is 12.3 Å². The van der Waals surface area contributed by atoms with E-state index in [1.54, 1.807) is 0 Å². The Bertz CT molecular complexity index is 1470. The molecule has 0 unspecified atom stereocenters. The van der Waals surface area contributed by atoms with Gasteiger partial charge in [-0.3, -0.25) is 9.59 Å². The van der Waals surface area contributed by atoms with Gasteiger partial charge in [0.05, 0.1) is 51.8 Å². The number of ether oxygens (including phenoxy) is 10. The molecule has 5 heterocycles. The topological polar surface area (TPSA) is 454 Å². The third-order valence-corrected chi connectivity index (χ3v) is 11.6. The van der Waals surface area contributed by atoms with Gasteiger partial charge >= 0.3 is 0 Å². The molecule has 0 radical (unpaired) electrons. The minimum absolute atomic E-state index is 0.291. The molecule has 5 aliphatic heterocycles. The number of nitrogens with one attached hydrogen (secondary N) is 2. The highest BCUT2D eigenvalue weighted by atomic mass is 16.8. The summed E-state index contributed by atoms with van der Waals surface area (Å²) in [6, 6.07) is -2.57. The molecule has 5 saturated heterocycles.